The van der Waals surface area contributed by atoms with Crippen molar-refractivity contribution in [1.29, 1.82) is 0 Å². The summed E-state index contributed by atoms with van der Waals surface area (Å²) in [7, 11) is 1.31. The highest BCUT2D eigenvalue weighted by atomic mass is 16.5. The van der Waals surface area contributed by atoms with Crippen LogP contribution in [0, 0.1) is 10.8 Å². The van der Waals surface area contributed by atoms with Crippen molar-refractivity contribution in [3.05, 3.63) is 149 Å². The van der Waals surface area contributed by atoms with Crippen molar-refractivity contribution < 1.29 is 9.53 Å². The Morgan fingerprint density at radius 3 is 1.53 bits per heavy atom. The quantitative estimate of drug-likeness (QED) is 0.0866. The minimum absolute atomic E-state index is 0.0227. The molecule has 0 amide bonds. The number of imidazole rings is 1. The summed E-state index contributed by atoms with van der Waals surface area (Å²) in [5.74, 6) is 0. The fourth-order valence-electron chi connectivity index (χ4n) is 11.3. The molecule has 0 atom stereocenters. The third-order valence-corrected chi connectivity index (χ3v) is 13.1. The van der Waals surface area contributed by atoms with Gasteiger partial charge in [0.25, 0.3) is 12.0 Å². The van der Waals surface area contributed by atoms with Gasteiger partial charge in [0.1, 0.15) is 5.65 Å². The molecule has 6 nitrogen and oxygen atoms in total. The number of fused-ring (bicyclic) bond motifs is 6. The lowest BCUT2D eigenvalue weighted by Gasteiger charge is -2.34. The van der Waals surface area contributed by atoms with E-state index < -0.39 is 0 Å². The van der Waals surface area contributed by atoms with E-state index in [1.54, 1.807) is 4.40 Å². The van der Waals surface area contributed by atoms with Gasteiger partial charge in [0.15, 0.2) is 0 Å². The molecule has 10 aromatic rings. The van der Waals surface area contributed by atoms with Crippen LogP contribution in [-0.2, 0) is 20.4 Å². The fourth-order valence-corrected chi connectivity index (χ4v) is 11.3. The van der Waals surface area contributed by atoms with Crippen molar-refractivity contribution in [3.8, 4) is 0 Å². The molecule has 324 valence electrons. The lowest BCUT2D eigenvalue weighted by Crippen LogP contribution is -2.25. The first kappa shape index (κ1) is 42.8. The number of carbonyl (C=O) groups is 1. The predicted octanol–water partition coefficient (Wildman–Crippen LogP) is 15.2. The molecular weight excluding hydrogens is 787 g/mol. The highest BCUT2D eigenvalue weighted by molar-refractivity contribution is 6.38. The van der Waals surface area contributed by atoms with E-state index in [0.29, 0.717) is 12.1 Å². The number of benzene rings is 8. The molecule has 6 heteroatoms. The summed E-state index contributed by atoms with van der Waals surface area (Å²) in [6.07, 6.45) is 2.18. The summed E-state index contributed by atoms with van der Waals surface area (Å²) in [5.41, 5.74) is 8.97. The van der Waals surface area contributed by atoms with Gasteiger partial charge in [-0.3, -0.25) is 14.0 Å². The van der Waals surface area contributed by atoms with Gasteiger partial charge in [0.05, 0.1) is 23.8 Å². The molecular formula is C58H59N3O3. The molecule has 0 spiro atoms. The van der Waals surface area contributed by atoms with E-state index in [1.165, 1.54) is 39.8 Å². The zero-order valence-corrected chi connectivity index (χ0v) is 39.2. The van der Waals surface area contributed by atoms with Crippen LogP contribution in [0.2, 0.25) is 0 Å². The molecule has 0 saturated heterocycles. The summed E-state index contributed by atoms with van der Waals surface area (Å²) in [4.78, 5) is 30.7. The van der Waals surface area contributed by atoms with Gasteiger partial charge in [-0.1, -0.05) is 142 Å². The van der Waals surface area contributed by atoms with Crippen LogP contribution in [0.1, 0.15) is 93.2 Å². The molecule has 2 aromatic heterocycles. The monoisotopic (exact) mass is 845 g/mol. The minimum Gasteiger partial charge on any atom is -0.471 e. The first-order chi connectivity index (χ1) is 30.3. The number of nitrogens with zero attached hydrogens (tertiary/aromatic N) is 3. The Kier molecular flexibility index (Phi) is 10.2. The largest absolute Gasteiger partial charge is 0.471 e. The number of ether oxygens (including phenoxy) is 1. The van der Waals surface area contributed by atoms with Gasteiger partial charge in [0.2, 0.25) is 0 Å². The third kappa shape index (κ3) is 7.27. The summed E-state index contributed by atoms with van der Waals surface area (Å²) in [5, 5.41) is 11.0. The van der Waals surface area contributed by atoms with Crippen LogP contribution in [0.15, 0.2) is 132 Å². The lowest BCUT2D eigenvalue weighted by molar-refractivity contribution is -0.126. The molecule has 0 N–H and O–H groups in total. The molecule has 0 aliphatic rings. The Bertz CT molecular complexity index is 3330. The van der Waals surface area contributed by atoms with Crippen LogP contribution >= 0.6 is 0 Å². The Hall–Kier alpha value is -6.53. The van der Waals surface area contributed by atoms with Gasteiger partial charge in [-0.2, -0.15) is 0 Å². The molecule has 64 heavy (non-hydrogen) atoms. The van der Waals surface area contributed by atoms with Crippen LogP contribution in [0.4, 0.5) is 17.1 Å². The summed E-state index contributed by atoms with van der Waals surface area (Å²) < 4.78 is 5.66. The van der Waals surface area contributed by atoms with Gasteiger partial charge >= 0.3 is 0 Å². The normalized spacial score (nSPS) is 12.9. The van der Waals surface area contributed by atoms with Crippen LogP contribution in [0.25, 0.3) is 70.5 Å². The minimum atomic E-state index is -0.0227. The van der Waals surface area contributed by atoms with Crippen molar-refractivity contribution in [2.24, 2.45) is 10.8 Å². The molecule has 8 aromatic carbocycles. The van der Waals surface area contributed by atoms with E-state index in [4.69, 9.17) is 9.78 Å². The summed E-state index contributed by atoms with van der Waals surface area (Å²) in [6.45, 7) is 23.8. The first-order valence-electron chi connectivity index (χ1n) is 22.5. The number of pyridine rings is 1. The van der Waals surface area contributed by atoms with E-state index in [0.717, 1.165) is 73.3 Å². The smallest absolute Gasteiger partial charge is 0.292 e. The van der Waals surface area contributed by atoms with Crippen molar-refractivity contribution in [3.63, 3.8) is 0 Å². The van der Waals surface area contributed by atoms with Gasteiger partial charge in [0, 0.05) is 32.9 Å². The maximum Gasteiger partial charge on any atom is 0.292 e. The standard InChI is InChI=1S/C56H55N3O.C2H4O2/c1-53(2,3)32-55(7,8)34-18-22-36(23-19-34)58(37-24-20-35(21-25-37)56(9,10)33-54(4,5)6)46-31-30-39-41-26-28-43-50-44(52(60)59-47-17-12-11-16-45(47)57-51(43)59)29-27-40(49(41)50)38-14-13-15-42(46)48(38)39;1-4-2-3/h11-31H,32-33H2,1-10H3;2H,1H3. The molecule has 0 aliphatic heterocycles. The van der Waals surface area contributed by atoms with Gasteiger partial charge in [-0.15, -0.1) is 0 Å². The molecule has 0 aliphatic carbocycles. The van der Waals surface area contributed by atoms with E-state index >= 15 is 0 Å². The van der Waals surface area contributed by atoms with E-state index in [-0.39, 0.29) is 27.2 Å². The van der Waals surface area contributed by atoms with E-state index in [2.05, 4.69) is 176 Å². The molecule has 0 unspecified atom stereocenters. The Morgan fingerprint density at radius 2 is 0.984 bits per heavy atom. The Balaban J connectivity index is 0.00000125. The number of methoxy groups -OCH3 is 1. The lowest BCUT2D eigenvalue weighted by atomic mass is 9.72. The molecule has 0 radical (unpaired) electrons. The van der Waals surface area contributed by atoms with Gasteiger partial charge in [-0.25, -0.2) is 4.98 Å². The number of hydrogen-bond donors (Lipinski definition) is 0. The van der Waals surface area contributed by atoms with Crippen molar-refractivity contribution in [1.82, 2.24) is 9.38 Å². The maximum atomic E-state index is 14.3. The summed E-state index contributed by atoms with van der Waals surface area (Å²) in [6, 6.07) is 46.5. The van der Waals surface area contributed by atoms with Gasteiger partial charge < -0.3 is 9.64 Å². The third-order valence-electron chi connectivity index (χ3n) is 13.1. The van der Waals surface area contributed by atoms with Crippen molar-refractivity contribution in [2.45, 2.75) is 92.9 Å². The van der Waals surface area contributed by atoms with Crippen LogP contribution in [0.3, 0.4) is 0 Å². The number of anilines is 3. The molecule has 0 bridgehead atoms. The average molecular weight is 846 g/mol. The molecule has 0 fully saturated rings. The molecule has 0 saturated carbocycles. The highest BCUT2D eigenvalue weighted by Gasteiger charge is 2.30. The van der Waals surface area contributed by atoms with E-state index in [9.17, 15) is 4.79 Å². The summed E-state index contributed by atoms with van der Waals surface area (Å²) >= 11 is 0. The zero-order chi connectivity index (χ0) is 45.5. The Morgan fingerprint density at radius 1 is 0.531 bits per heavy atom. The molecule has 10 rings (SSSR count). The average Bonchev–Trinajstić information content (AvgIpc) is 3.64. The van der Waals surface area contributed by atoms with Crippen LogP contribution in [-0.4, -0.2) is 23.0 Å². The van der Waals surface area contributed by atoms with E-state index in [1.807, 2.05) is 30.3 Å². The predicted molar refractivity (Wildman–Crippen MR) is 271 cm³/mol. The maximum absolute atomic E-state index is 14.3. The number of carbonyl (C=O) groups excluding carboxylic acids is 1. The topological polar surface area (TPSA) is 63.9 Å². The van der Waals surface area contributed by atoms with Crippen LogP contribution < -0.4 is 10.5 Å². The second-order valence-electron chi connectivity index (χ2n) is 21.5. The van der Waals surface area contributed by atoms with Gasteiger partial charge in [-0.05, 0) is 133 Å². The number of aromatic nitrogens is 2. The number of para-hydroxylation sites is 2. The number of hydrogen-bond acceptors (Lipinski definition) is 5. The first-order valence-corrected chi connectivity index (χ1v) is 22.5. The Labute approximate surface area is 376 Å². The fraction of sp³-hybridized carbons (Fsp3) is 0.293. The second kappa shape index (κ2) is 15.3. The SMILES string of the molecule is CC(C)(C)CC(C)(C)c1ccc(N(c2ccc(C(C)(C)CC(C)(C)C)cc2)c2ccc3c4ccc5c6c(ccc(c7cccc2c73)c46)c(=O)n2c3ccccc3nc52)cc1.COC=O. The van der Waals surface area contributed by atoms with Crippen molar-refractivity contribution in [2.75, 3.05) is 12.0 Å². The zero-order valence-electron chi connectivity index (χ0n) is 39.2. The second-order valence-corrected chi connectivity index (χ2v) is 21.5. The highest BCUT2D eigenvalue weighted by Crippen LogP contribution is 2.48. The molecule has 2 heterocycles. The van der Waals surface area contributed by atoms with Crippen LogP contribution in [0.5, 0.6) is 0 Å². The number of rotatable bonds is 8. The van der Waals surface area contributed by atoms with Crippen molar-refractivity contribution >= 4 is 94.1 Å².